The van der Waals surface area contributed by atoms with Crippen molar-refractivity contribution in [1.29, 1.82) is 0 Å². The summed E-state index contributed by atoms with van der Waals surface area (Å²) in [6.07, 6.45) is 1.12. The van der Waals surface area contributed by atoms with Crippen molar-refractivity contribution in [2.75, 3.05) is 13.2 Å². The van der Waals surface area contributed by atoms with Crippen LogP contribution in [0.5, 0.6) is 5.75 Å². The lowest BCUT2D eigenvalue weighted by Crippen LogP contribution is -2.23. The first kappa shape index (κ1) is 16.3. The minimum atomic E-state index is 0.208. The number of hydrogen-bond donors (Lipinski definition) is 1. The van der Waals surface area contributed by atoms with Gasteiger partial charge < -0.3 is 10.1 Å². The molecular formula is C18H22INO. The molecule has 0 bridgehead atoms. The standard InChI is InChI=1S/C18H22INO/c1-3-11-20-18(14-7-5-9-16(19)12-14)15-8-6-10-17(13-15)21-4-2/h5-10,12-13,18,20H,3-4,11H2,1-2H3. The van der Waals surface area contributed by atoms with Crippen LogP contribution in [-0.4, -0.2) is 13.2 Å². The Hall–Kier alpha value is -1.07. The van der Waals surface area contributed by atoms with Crippen molar-refractivity contribution >= 4 is 22.6 Å². The molecule has 0 aliphatic heterocycles. The quantitative estimate of drug-likeness (QED) is 0.682. The lowest BCUT2D eigenvalue weighted by Gasteiger charge is -2.20. The van der Waals surface area contributed by atoms with Gasteiger partial charge in [-0.25, -0.2) is 0 Å². The molecule has 0 aromatic heterocycles. The van der Waals surface area contributed by atoms with Crippen LogP contribution in [0.4, 0.5) is 0 Å². The van der Waals surface area contributed by atoms with E-state index in [4.69, 9.17) is 4.74 Å². The average molecular weight is 395 g/mol. The summed E-state index contributed by atoms with van der Waals surface area (Å²) >= 11 is 2.36. The fourth-order valence-electron chi connectivity index (χ4n) is 2.35. The van der Waals surface area contributed by atoms with Gasteiger partial charge in [-0.15, -0.1) is 0 Å². The van der Waals surface area contributed by atoms with Crippen LogP contribution in [0.1, 0.15) is 37.4 Å². The van der Waals surface area contributed by atoms with E-state index >= 15 is 0 Å². The van der Waals surface area contributed by atoms with Crippen molar-refractivity contribution in [2.45, 2.75) is 26.3 Å². The van der Waals surface area contributed by atoms with E-state index in [0.29, 0.717) is 6.61 Å². The lowest BCUT2D eigenvalue weighted by molar-refractivity contribution is 0.339. The topological polar surface area (TPSA) is 21.3 Å². The molecule has 0 amide bonds. The van der Waals surface area contributed by atoms with E-state index in [0.717, 1.165) is 18.7 Å². The molecule has 0 aliphatic carbocycles. The summed E-state index contributed by atoms with van der Waals surface area (Å²) in [5, 5.41) is 3.64. The van der Waals surface area contributed by atoms with E-state index in [1.54, 1.807) is 0 Å². The monoisotopic (exact) mass is 395 g/mol. The van der Waals surface area contributed by atoms with Gasteiger partial charge in [0, 0.05) is 3.57 Å². The summed E-state index contributed by atoms with van der Waals surface area (Å²) in [6.45, 7) is 5.89. The Kier molecular flexibility index (Phi) is 6.51. The van der Waals surface area contributed by atoms with Gasteiger partial charge in [-0.1, -0.05) is 31.2 Å². The Morgan fingerprint density at radius 1 is 1.05 bits per heavy atom. The molecule has 112 valence electrons. The first-order chi connectivity index (χ1) is 10.2. The largest absolute Gasteiger partial charge is 0.494 e. The Balaban J connectivity index is 2.33. The zero-order valence-electron chi connectivity index (χ0n) is 12.6. The predicted octanol–water partition coefficient (Wildman–Crippen LogP) is 4.78. The Morgan fingerprint density at radius 3 is 2.43 bits per heavy atom. The van der Waals surface area contributed by atoms with Gasteiger partial charge in [0.1, 0.15) is 5.75 Å². The third-order valence-corrected chi connectivity index (χ3v) is 3.95. The molecular weight excluding hydrogens is 373 g/mol. The highest BCUT2D eigenvalue weighted by Crippen LogP contribution is 2.26. The van der Waals surface area contributed by atoms with Gasteiger partial charge in [0.2, 0.25) is 0 Å². The molecule has 0 saturated heterocycles. The zero-order valence-corrected chi connectivity index (χ0v) is 14.8. The summed E-state index contributed by atoms with van der Waals surface area (Å²) < 4.78 is 6.89. The molecule has 1 unspecified atom stereocenters. The Bertz CT molecular complexity index is 571. The summed E-state index contributed by atoms with van der Waals surface area (Å²) in [7, 11) is 0. The molecule has 2 rings (SSSR count). The van der Waals surface area contributed by atoms with Crippen LogP contribution < -0.4 is 10.1 Å². The van der Waals surface area contributed by atoms with Crippen LogP contribution in [0.25, 0.3) is 0 Å². The summed E-state index contributed by atoms with van der Waals surface area (Å²) in [4.78, 5) is 0. The highest BCUT2D eigenvalue weighted by Gasteiger charge is 2.14. The fourth-order valence-corrected chi connectivity index (χ4v) is 2.92. The van der Waals surface area contributed by atoms with E-state index < -0.39 is 0 Å². The maximum atomic E-state index is 5.63. The predicted molar refractivity (Wildman–Crippen MR) is 96.9 cm³/mol. The van der Waals surface area contributed by atoms with Crippen molar-refractivity contribution in [1.82, 2.24) is 5.32 Å². The highest BCUT2D eigenvalue weighted by atomic mass is 127. The number of rotatable bonds is 7. The molecule has 0 radical (unpaired) electrons. The number of ether oxygens (including phenoxy) is 1. The van der Waals surface area contributed by atoms with Crippen molar-refractivity contribution in [3.63, 3.8) is 0 Å². The molecule has 1 N–H and O–H groups in total. The molecule has 2 aromatic carbocycles. The van der Waals surface area contributed by atoms with E-state index in [1.807, 2.05) is 13.0 Å². The minimum Gasteiger partial charge on any atom is -0.494 e. The first-order valence-corrected chi connectivity index (χ1v) is 8.54. The van der Waals surface area contributed by atoms with E-state index in [1.165, 1.54) is 14.7 Å². The fraction of sp³-hybridized carbons (Fsp3) is 0.333. The molecule has 0 aliphatic rings. The van der Waals surface area contributed by atoms with Crippen LogP contribution in [0, 0.1) is 3.57 Å². The van der Waals surface area contributed by atoms with Gasteiger partial charge in [-0.2, -0.15) is 0 Å². The molecule has 0 heterocycles. The van der Waals surface area contributed by atoms with Crippen LogP contribution in [0.3, 0.4) is 0 Å². The van der Waals surface area contributed by atoms with Gasteiger partial charge in [-0.3, -0.25) is 0 Å². The van der Waals surface area contributed by atoms with Crippen LogP contribution >= 0.6 is 22.6 Å². The molecule has 0 fully saturated rings. The van der Waals surface area contributed by atoms with E-state index in [-0.39, 0.29) is 6.04 Å². The summed E-state index contributed by atoms with van der Waals surface area (Å²) in [6, 6.07) is 17.2. The number of hydrogen-bond acceptors (Lipinski definition) is 2. The van der Waals surface area contributed by atoms with Gasteiger partial charge in [-0.05, 0) is 77.9 Å². The Labute approximate surface area is 141 Å². The normalized spacial score (nSPS) is 12.1. The van der Waals surface area contributed by atoms with Gasteiger partial charge in [0.25, 0.3) is 0 Å². The lowest BCUT2D eigenvalue weighted by atomic mass is 9.98. The SMILES string of the molecule is CCCNC(c1cccc(I)c1)c1cccc(OCC)c1. The molecule has 21 heavy (non-hydrogen) atoms. The maximum Gasteiger partial charge on any atom is 0.119 e. The van der Waals surface area contributed by atoms with Gasteiger partial charge in [0.15, 0.2) is 0 Å². The molecule has 0 saturated carbocycles. The molecule has 1 atom stereocenters. The number of halogens is 1. The van der Waals surface area contributed by atoms with Crippen molar-refractivity contribution < 1.29 is 4.74 Å². The second-order valence-electron chi connectivity index (χ2n) is 4.95. The third-order valence-electron chi connectivity index (χ3n) is 3.28. The van der Waals surface area contributed by atoms with Crippen LogP contribution in [0.2, 0.25) is 0 Å². The smallest absolute Gasteiger partial charge is 0.119 e. The minimum absolute atomic E-state index is 0.208. The summed E-state index contributed by atoms with van der Waals surface area (Å²) in [5.41, 5.74) is 2.54. The molecule has 3 heteroatoms. The second kappa shape index (κ2) is 8.39. The van der Waals surface area contributed by atoms with Crippen molar-refractivity contribution in [3.8, 4) is 5.75 Å². The average Bonchev–Trinajstić information content (AvgIpc) is 2.49. The van der Waals surface area contributed by atoms with E-state index in [2.05, 4.69) is 77.3 Å². The van der Waals surface area contributed by atoms with Crippen LogP contribution in [0.15, 0.2) is 48.5 Å². The first-order valence-electron chi connectivity index (χ1n) is 7.46. The highest BCUT2D eigenvalue weighted by molar-refractivity contribution is 14.1. The van der Waals surface area contributed by atoms with Crippen LogP contribution in [-0.2, 0) is 0 Å². The number of nitrogens with one attached hydrogen (secondary N) is 1. The Morgan fingerprint density at radius 2 is 1.76 bits per heavy atom. The van der Waals surface area contributed by atoms with Gasteiger partial charge in [0.05, 0.1) is 12.6 Å². The van der Waals surface area contributed by atoms with E-state index in [9.17, 15) is 0 Å². The van der Waals surface area contributed by atoms with Crippen molar-refractivity contribution in [2.24, 2.45) is 0 Å². The molecule has 2 nitrogen and oxygen atoms in total. The maximum absolute atomic E-state index is 5.63. The third kappa shape index (κ3) is 4.71. The van der Waals surface area contributed by atoms with Gasteiger partial charge >= 0.3 is 0 Å². The molecule has 2 aromatic rings. The number of benzene rings is 2. The van der Waals surface area contributed by atoms with Crippen molar-refractivity contribution in [3.05, 3.63) is 63.2 Å². The summed E-state index contributed by atoms with van der Waals surface area (Å²) in [5.74, 6) is 0.934. The molecule has 0 spiro atoms. The second-order valence-corrected chi connectivity index (χ2v) is 6.19. The zero-order chi connectivity index (χ0) is 15.1.